The van der Waals surface area contributed by atoms with E-state index in [1.54, 1.807) is 7.11 Å². The van der Waals surface area contributed by atoms with Crippen molar-refractivity contribution in [2.75, 3.05) is 25.6 Å². The molecule has 2 aromatic rings. The Morgan fingerprint density at radius 1 is 1.24 bits per heavy atom. The van der Waals surface area contributed by atoms with Crippen molar-refractivity contribution >= 4 is 28.5 Å². The Hall–Kier alpha value is -2.74. The Balaban J connectivity index is 1.65. The third-order valence-corrected chi connectivity index (χ3v) is 6.30. The van der Waals surface area contributed by atoms with E-state index in [-0.39, 0.29) is 23.8 Å². The number of nitrogens with zero attached hydrogens (tertiary/aromatic N) is 3. The van der Waals surface area contributed by atoms with Crippen LogP contribution in [0.4, 0.5) is 5.82 Å². The minimum absolute atomic E-state index is 0.161. The molecule has 1 saturated heterocycles. The van der Waals surface area contributed by atoms with Crippen LogP contribution in [0.3, 0.4) is 0 Å². The highest BCUT2D eigenvalue weighted by Crippen LogP contribution is 2.28. The minimum atomic E-state index is -0.524. The zero-order valence-electron chi connectivity index (χ0n) is 20.2. The molecule has 1 aliphatic heterocycles. The first-order valence-electron chi connectivity index (χ1n) is 12.0. The summed E-state index contributed by atoms with van der Waals surface area (Å²) in [4.78, 5) is 27.4. The van der Waals surface area contributed by atoms with Gasteiger partial charge in [0.1, 0.15) is 5.82 Å². The number of ether oxygens (including phenoxy) is 1. The van der Waals surface area contributed by atoms with Crippen molar-refractivity contribution in [2.45, 2.75) is 76.9 Å². The van der Waals surface area contributed by atoms with Gasteiger partial charge in [-0.2, -0.15) is 0 Å². The lowest BCUT2D eigenvalue weighted by Crippen LogP contribution is -2.47. The quantitative estimate of drug-likeness (QED) is 0.594. The maximum absolute atomic E-state index is 13.0. The molecule has 1 aliphatic carbocycles. The average molecular weight is 453 g/mol. The first kappa shape index (κ1) is 23.4. The number of hydrogen-bond acceptors (Lipinski definition) is 6. The van der Waals surface area contributed by atoms with E-state index in [2.05, 4.69) is 33.9 Å². The topological polar surface area (TPSA) is 101 Å². The van der Waals surface area contributed by atoms with E-state index in [1.165, 1.54) is 6.42 Å². The number of hydrogen-bond donors (Lipinski definition) is 3. The van der Waals surface area contributed by atoms with Gasteiger partial charge in [-0.15, -0.1) is 0 Å². The Kier molecular flexibility index (Phi) is 7.12. The zero-order valence-corrected chi connectivity index (χ0v) is 20.2. The van der Waals surface area contributed by atoms with Gasteiger partial charge in [-0.05, 0) is 52.2 Å². The summed E-state index contributed by atoms with van der Waals surface area (Å²) in [6, 6.07) is 6.42. The molecule has 4 rings (SSSR count). The van der Waals surface area contributed by atoms with Crippen LogP contribution < -0.4 is 16.0 Å². The number of amidine groups is 1. The van der Waals surface area contributed by atoms with E-state index in [0.29, 0.717) is 12.4 Å². The highest BCUT2D eigenvalue weighted by molar-refractivity contribution is 5.97. The van der Waals surface area contributed by atoms with Crippen LogP contribution in [0.15, 0.2) is 23.2 Å². The normalized spacial score (nSPS) is 22.4. The third kappa shape index (κ3) is 5.79. The number of benzene rings is 1. The Morgan fingerprint density at radius 2 is 2.06 bits per heavy atom. The number of nitrogens with one attached hydrogen (secondary N) is 3. The lowest BCUT2D eigenvalue weighted by Gasteiger charge is -2.31. The SMILES string of the molecule is COCC(C)(C)NC(=O)c1nc(N[C@H]2CCCC[C@H]2N=C2CCCN2)c2cc(C)ccc2n1. The molecular weight excluding hydrogens is 416 g/mol. The molecule has 0 radical (unpaired) electrons. The van der Waals surface area contributed by atoms with E-state index in [0.717, 1.165) is 61.0 Å². The molecule has 1 amide bonds. The van der Waals surface area contributed by atoms with Crippen molar-refractivity contribution < 1.29 is 9.53 Å². The van der Waals surface area contributed by atoms with Crippen LogP contribution in [0.1, 0.15) is 68.6 Å². The molecule has 2 aliphatic rings. The van der Waals surface area contributed by atoms with Crippen molar-refractivity contribution in [1.82, 2.24) is 20.6 Å². The second-order valence-electron chi connectivity index (χ2n) is 9.90. The highest BCUT2D eigenvalue weighted by Gasteiger charge is 2.28. The summed E-state index contributed by atoms with van der Waals surface area (Å²) in [5, 5.41) is 11.0. The average Bonchev–Trinajstić information content (AvgIpc) is 3.28. The van der Waals surface area contributed by atoms with Crippen LogP contribution in [0.25, 0.3) is 10.9 Å². The number of aromatic nitrogens is 2. The summed E-state index contributed by atoms with van der Waals surface area (Å²) < 4.78 is 5.23. The maximum atomic E-state index is 13.0. The summed E-state index contributed by atoms with van der Waals surface area (Å²) in [5.41, 5.74) is 1.36. The predicted octanol–water partition coefficient (Wildman–Crippen LogP) is 3.60. The molecule has 8 nitrogen and oxygen atoms in total. The van der Waals surface area contributed by atoms with E-state index < -0.39 is 5.54 Å². The van der Waals surface area contributed by atoms with Gasteiger partial charge in [-0.3, -0.25) is 9.79 Å². The van der Waals surface area contributed by atoms with Crippen molar-refractivity contribution in [3.05, 3.63) is 29.6 Å². The number of aryl methyl sites for hydroxylation is 1. The van der Waals surface area contributed by atoms with Crippen molar-refractivity contribution in [2.24, 2.45) is 4.99 Å². The Bertz CT molecular complexity index is 1030. The van der Waals surface area contributed by atoms with Crippen molar-refractivity contribution in [1.29, 1.82) is 0 Å². The van der Waals surface area contributed by atoms with Crippen molar-refractivity contribution in [3.63, 3.8) is 0 Å². The van der Waals surface area contributed by atoms with Gasteiger partial charge in [0.2, 0.25) is 5.82 Å². The van der Waals surface area contributed by atoms with Gasteiger partial charge in [-0.25, -0.2) is 9.97 Å². The maximum Gasteiger partial charge on any atom is 0.289 e. The number of anilines is 1. The predicted molar refractivity (Wildman–Crippen MR) is 132 cm³/mol. The van der Waals surface area contributed by atoms with Gasteiger partial charge in [0, 0.05) is 31.5 Å². The number of fused-ring (bicyclic) bond motifs is 1. The number of amides is 1. The Morgan fingerprint density at radius 3 is 2.82 bits per heavy atom. The highest BCUT2D eigenvalue weighted by atomic mass is 16.5. The molecule has 2 heterocycles. The Labute approximate surface area is 196 Å². The van der Waals surface area contributed by atoms with Gasteiger partial charge in [0.05, 0.1) is 29.5 Å². The molecule has 0 spiro atoms. The lowest BCUT2D eigenvalue weighted by molar-refractivity contribution is 0.0810. The number of carbonyl (C=O) groups excluding carboxylic acids is 1. The smallest absolute Gasteiger partial charge is 0.289 e. The summed E-state index contributed by atoms with van der Waals surface area (Å²) >= 11 is 0. The number of carbonyl (C=O) groups is 1. The van der Waals surface area contributed by atoms with E-state index in [9.17, 15) is 4.79 Å². The van der Waals surface area contributed by atoms with Gasteiger partial charge in [-0.1, -0.05) is 24.5 Å². The fraction of sp³-hybridized carbons (Fsp3) is 0.600. The summed E-state index contributed by atoms with van der Waals surface area (Å²) in [6.45, 7) is 7.30. The van der Waals surface area contributed by atoms with E-state index >= 15 is 0 Å². The molecule has 1 aromatic heterocycles. The minimum Gasteiger partial charge on any atom is -0.382 e. The van der Waals surface area contributed by atoms with Gasteiger partial charge >= 0.3 is 0 Å². The van der Waals surface area contributed by atoms with Gasteiger partial charge in [0.15, 0.2) is 0 Å². The van der Waals surface area contributed by atoms with Crippen molar-refractivity contribution in [3.8, 4) is 0 Å². The van der Waals surface area contributed by atoms with E-state index in [1.807, 2.05) is 26.0 Å². The number of aliphatic imine (C=N–C) groups is 1. The lowest BCUT2D eigenvalue weighted by atomic mass is 9.90. The summed E-state index contributed by atoms with van der Waals surface area (Å²) in [5.74, 6) is 1.68. The van der Waals surface area contributed by atoms with Crippen LogP contribution in [-0.4, -0.2) is 59.6 Å². The van der Waals surface area contributed by atoms with Crippen LogP contribution in [0.5, 0.6) is 0 Å². The third-order valence-electron chi connectivity index (χ3n) is 6.30. The standard InChI is InChI=1S/C25H36N6O2/c1-16-11-12-18-17(14-16)22(30-23(28-18)24(32)31-25(2,3)15-33-4)29-20-9-6-5-8-19(20)27-21-10-7-13-26-21/h11-12,14,19-20H,5-10,13,15H2,1-4H3,(H,26,27)(H,31,32)(H,28,29,30)/t19-,20+/m1/s1. The molecule has 3 N–H and O–H groups in total. The van der Waals surface area contributed by atoms with Gasteiger partial charge in [0.25, 0.3) is 5.91 Å². The van der Waals surface area contributed by atoms with E-state index in [4.69, 9.17) is 14.7 Å². The summed E-state index contributed by atoms with van der Waals surface area (Å²) in [6.07, 6.45) is 6.61. The zero-order chi connectivity index (χ0) is 23.4. The van der Waals surface area contributed by atoms with Crippen LogP contribution in [0.2, 0.25) is 0 Å². The second kappa shape index (κ2) is 10.0. The molecule has 0 bridgehead atoms. The monoisotopic (exact) mass is 452 g/mol. The molecule has 33 heavy (non-hydrogen) atoms. The fourth-order valence-electron chi connectivity index (χ4n) is 4.71. The molecule has 1 aromatic carbocycles. The number of rotatable bonds is 7. The fourth-order valence-corrected chi connectivity index (χ4v) is 4.71. The second-order valence-corrected chi connectivity index (χ2v) is 9.90. The molecular formula is C25H36N6O2. The van der Waals surface area contributed by atoms with Crippen LogP contribution >= 0.6 is 0 Å². The number of methoxy groups -OCH3 is 1. The largest absolute Gasteiger partial charge is 0.382 e. The first-order valence-corrected chi connectivity index (χ1v) is 12.0. The van der Waals surface area contributed by atoms with Gasteiger partial charge < -0.3 is 20.7 Å². The molecule has 178 valence electrons. The molecule has 2 atom stereocenters. The molecule has 0 unspecified atom stereocenters. The summed E-state index contributed by atoms with van der Waals surface area (Å²) in [7, 11) is 1.62. The van der Waals surface area contributed by atoms with Crippen LogP contribution in [0, 0.1) is 6.92 Å². The van der Waals surface area contributed by atoms with Crippen LogP contribution in [-0.2, 0) is 4.74 Å². The molecule has 2 fully saturated rings. The molecule has 1 saturated carbocycles. The molecule has 8 heteroatoms. The first-order chi connectivity index (χ1) is 15.8.